The summed E-state index contributed by atoms with van der Waals surface area (Å²) >= 11 is 0. The van der Waals surface area contributed by atoms with Crippen molar-refractivity contribution in [2.45, 2.75) is 51.0 Å². The van der Waals surface area contributed by atoms with E-state index in [1.807, 2.05) is 0 Å². The van der Waals surface area contributed by atoms with Crippen LogP contribution in [0, 0.1) is 0 Å². The lowest BCUT2D eigenvalue weighted by molar-refractivity contribution is -0.126. The van der Waals surface area contributed by atoms with Gasteiger partial charge in [0, 0.05) is 18.9 Å². The van der Waals surface area contributed by atoms with Crippen LogP contribution in [0.15, 0.2) is 29.4 Å². The number of methoxy groups -OCH3 is 1. The number of nitrogens with zero attached hydrogens (tertiary/aromatic N) is 1. The van der Waals surface area contributed by atoms with Crippen molar-refractivity contribution in [3.63, 3.8) is 0 Å². The van der Waals surface area contributed by atoms with E-state index >= 15 is 0 Å². The molecule has 2 N–H and O–H groups in total. The zero-order chi connectivity index (χ0) is 18.8. The Balaban J connectivity index is 1.68. The minimum absolute atomic E-state index is 0.0885. The Kier molecular flexibility index (Phi) is 7.79. The average Bonchev–Trinajstić information content (AvgIpc) is 2.67. The predicted molar refractivity (Wildman–Crippen MR) is 97.8 cm³/mol. The molecule has 7 nitrogen and oxygen atoms in total. The Labute approximate surface area is 153 Å². The summed E-state index contributed by atoms with van der Waals surface area (Å²) in [7, 11) is 1.32. The van der Waals surface area contributed by atoms with Crippen LogP contribution in [0.4, 0.5) is 0 Å². The van der Waals surface area contributed by atoms with Crippen molar-refractivity contribution in [2.24, 2.45) is 5.10 Å². The van der Waals surface area contributed by atoms with E-state index in [1.54, 1.807) is 24.3 Å². The van der Waals surface area contributed by atoms with Crippen molar-refractivity contribution in [2.75, 3.05) is 7.11 Å². The van der Waals surface area contributed by atoms with Crippen molar-refractivity contribution in [3.8, 4) is 0 Å². The van der Waals surface area contributed by atoms with E-state index in [1.165, 1.54) is 19.7 Å². The second-order valence-corrected chi connectivity index (χ2v) is 6.31. The van der Waals surface area contributed by atoms with E-state index in [0.29, 0.717) is 5.56 Å². The van der Waals surface area contributed by atoms with Crippen molar-refractivity contribution in [3.05, 3.63) is 35.4 Å². The summed E-state index contributed by atoms with van der Waals surface area (Å²) in [4.78, 5) is 34.9. The summed E-state index contributed by atoms with van der Waals surface area (Å²) in [6.45, 7) is 0. The van der Waals surface area contributed by atoms with Crippen LogP contribution in [0.2, 0.25) is 0 Å². The first kappa shape index (κ1) is 19.6. The van der Waals surface area contributed by atoms with Crippen LogP contribution in [0.5, 0.6) is 0 Å². The molecule has 1 aromatic rings. The smallest absolute Gasteiger partial charge is 0.337 e. The lowest BCUT2D eigenvalue weighted by Gasteiger charge is -2.22. The molecule has 0 atom stereocenters. The number of carbonyl (C=O) groups is 3. The number of benzene rings is 1. The number of carbonyl (C=O) groups excluding carboxylic acids is 3. The second kappa shape index (κ2) is 10.3. The van der Waals surface area contributed by atoms with Gasteiger partial charge in [0.1, 0.15) is 0 Å². The number of hydrazone groups is 1. The molecule has 0 bridgehead atoms. The topological polar surface area (TPSA) is 96.9 Å². The van der Waals surface area contributed by atoms with Gasteiger partial charge >= 0.3 is 5.97 Å². The molecular formula is C19H25N3O4. The molecule has 0 aliphatic heterocycles. The number of nitrogens with one attached hydrogen (secondary N) is 2. The SMILES string of the molecule is COC(=O)c1ccc(/C=N/NC(=O)CCC(=O)NC2CCCCC2)cc1. The Morgan fingerprint density at radius 1 is 1.08 bits per heavy atom. The summed E-state index contributed by atoms with van der Waals surface area (Å²) < 4.78 is 4.62. The molecular weight excluding hydrogens is 334 g/mol. The van der Waals surface area contributed by atoms with E-state index in [4.69, 9.17) is 0 Å². The average molecular weight is 359 g/mol. The van der Waals surface area contributed by atoms with E-state index < -0.39 is 5.97 Å². The monoisotopic (exact) mass is 359 g/mol. The quantitative estimate of drug-likeness (QED) is 0.443. The van der Waals surface area contributed by atoms with Gasteiger partial charge < -0.3 is 10.1 Å². The van der Waals surface area contributed by atoms with E-state index in [2.05, 4.69) is 20.6 Å². The molecule has 1 fully saturated rings. The number of hydrogen-bond acceptors (Lipinski definition) is 5. The van der Waals surface area contributed by atoms with Crippen molar-refractivity contribution in [1.29, 1.82) is 0 Å². The highest BCUT2D eigenvalue weighted by atomic mass is 16.5. The molecule has 0 saturated heterocycles. The fraction of sp³-hybridized carbons (Fsp3) is 0.474. The van der Waals surface area contributed by atoms with Crippen molar-refractivity contribution >= 4 is 24.0 Å². The molecule has 0 aromatic heterocycles. The molecule has 2 rings (SSSR count). The zero-order valence-electron chi connectivity index (χ0n) is 15.0. The number of ether oxygens (including phenoxy) is 1. The number of hydrogen-bond donors (Lipinski definition) is 2. The highest BCUT2D eigenvalue weighted by molar-refractivity contribution is 5.91. The molecule has 0 radical (unpaired) electrons. The highest BCUT2D eigenvalue weighted by Crippen LogP contribution is 2.17. The third-order valence-electron chi connectivity index (χ3n) is 4.28. The summed E-state index contributed by atoms with van der Waals surface area (Å²) in [6, 6.07) is 6.87. The maximum Gasteiger partial charge on any atom is 0.337 e. The summed E-state index contributed by atoms with van der Waals surface area (Å²) in [5, 5.41) is 6.84. The van der Waals surface area contributed by atoms with Gasteiger partial charge in [0.05, 0.1) is 18.9 Å². The first-order valence-electron chi connectivity index (χ1n) is 8.88. The van der Waals surface area contributed by atoms with Gasteiger partial charge in [0.25, 0.3) is 0 Å². The first-order valence-corrected chi connectivity index (χ1v) is 8.88. The molecule has 1 aliphatic rings. The van der Waals surface area contributed by atoms with Gasteiger partial charge in [0.15, 0.2) is 0 Å². The zero-order valence-corrected chi connectivity index (χ0v) is 15.0. The van der Waals surface area contributed by atoms with E-state index in [0.717, 1.165) is 31.2 Å². The Bertz CT molecular complexity index is 649. The van der Waals surface area contributed by atoms with Crippen LogP contribution in [-0.4, -0.2) is 37.1 Å². The molecule has 140 valence electrons. The largest absolute Gasteiger partial charge is 0.465 e. The minimum atomic E-state index is -0.409. The molecule has 0 spiro atoms. The van der Waals surface area contributed by atoms with Gasteiger partial charge in [0.2, 0.25) is 11.8 Å². The Morgan fingerprint density at radius 2 is 1.73 bits per heavy atom. The summed E-state index contributed by atoms with van der Waals surface area (Å²) in [6.07, 6.45) is 7.32. The van der Waals surface area contributed by atoms with Gasteiger partial charge in [-0.3, -0.25) is 9.59 Å². The molecule has 1 saturated carbocycles. The maximum absolute atomic E-state index is 11.9. The first-order chi connectivity index (χ1) is 12.6. The van der Waals surface area contributed by atoms with Crippen LogP contribution < -0.4 is 10.7 Å². The van der Waals surface area contributed by atoms with Gasteiger partial charge in [-0.25, -0.2) is 10.2 Å². The summed E-state index contributed by atoms with van der Waals surface area (Å²) in [5.41, 5.74) is 3.57. The fourth-order valence-electron chi connectivity index (χ4n) is 2.83. The lowest BCUT2D eigenvalue weighted by atomic mass is 9.95. The molecule has 7 heteroatoms. The highest BCUT2D eigenvalue weighted by Gasteiger charge is 2.16. The van der Waals surface area contributed by atoms with Crippen LogP contribution in [-0.2, 0) is 14.3 Å². The minimum Gasteiger partial charge on any atom is -0.465 e. The fourth-order valence-corrected chi connectivity index (χ4v) is 2.83. The molecule has 0 heterocycles. The van der Waals surface area contributed by atoms with Crippen LogP contribution in [0.1, 0.15) is 60.9 Å². The van der Waals surface area contributed by atoms with Gasteiger partial charge in [-0.1, -0.05) is 31.4 Å². The van der Waals surface area contributed by atoms with Crippen molar-refractivity contribution < 1.29 is 19.1 Å². The molecule has 0 unspecified atom stereocenters. The molecule has 1 aromatic carbocycles. The predicted octanol–water partition coefficient (Wildman–Crippen LogP) is 2.15. The van der Waals surface area contributed by atoms with Crippen LogP contribution >= 0.6 is 0 Å². The Morgan fingerprint density at radius 3 is 2.38 bits per heavy atom. The number of esters is 1. The van der Waals surface area contributed by atoms with E-state index in [9.17, 15) is 14.4 Å². The summed E-state index contributed by atoms with van der Waals surface area (Å²) in [5.74, 6) is -0.811. The molecule has 26 heavy (non-hydrogen) atoms. The third-order valence-corrected chi connectivity index (χ3v) is 4.28. The van der Waals surface area contributed by atoms with E-state index in [-0.39, 0.29) is 30.7 Å². The van der Waals surface area contributed by atoms with Crippen LogP contribution in [0.3, 0.4) is 0 Å². The van der Waals surface area contributed by atoms with Gasteiger partial charge in [-0.2, -0.15) is 5.10 Å². The van der Waals surface area contributed by atoms with Gasteiger partial charge in [-0.05, 0) is 30.5 Å². The second-order valence-electron chi connectivity index (χ2n) is 6.31. The molecule has 2 amide bonds. The number of amides is 2. The standard InChI is InChI=1S/C19H25N3O4/c1-26-19(25)15-9-7-14(8-10-15)13-20-22-18(24)12-11-17(23)21-16-5-3-2-4-6-16/h7-10,13,16H,2-6,11-12H2,1H3,(H,21,23)(H,22,24)/b20-13+. The molecule has 1 aliphatic carbocycles. The third kappa shape index (κ3) is 6.66. The van der Waals surface area contributed by atoms with Gasteiger partial charge in [-0.15, -0.1) is 0 Å². The normalized spacial score (nSPS) is 14.8. The number of rotatable bonds is 7. The lowest BCUT2D eigenvalue weighted by Crippen LogP contribution is -2.36. The van der Waals surface area contributed by atoms with Crippen LogP contribution in [0.25, 0.3) is 0 Å². The Hall–Kier alpha value is -2.70. The maximum atomic E-state index is 11.9. The van der Waals surface area contributed by atoms with Crippen molar-refractivity contribution in [1.82, 2.24) is 10.7 Å².